The zero-order chi connectivity index (χ0) is 21.7. The van der Waals surface area contributed by atoms with Crippen molar-refractivity contribution in [3.8, 4) is 0 Å². The van der Waals surface area contributed by atoms with Crippen LogP contribution in [0.4, 0.5) is 5.69 Å². The highest BCUT2D eigenvalue weighted by atomic mass is 32.2. The number of pyridine rings is 1. The van der Waals surface area contributed by atoms with Crippen LogP contribution in [0.5, 0.6) is 0 Å². The van der Waals surface area contributed by atoms with Crippen molar-refractivity contribution in [3.05, 3.63) is 82.7 Å². The van der Waals surface area contributed by atoms with Crippen molar-refractivity contribution in [2.24, 2.45) is 0 Å². The van der Waals surface area contributed by atoms with Crippen molar-refractivity contribution in [2.45, 2.75) is 25.3 Å². The molecule has 2 heterocycles. The molecule has 158 valence electrons. The Hall–Kier alpha value is -3.17. The molecule has 8 nitrogen and oxygen atoms in total. The van der Waals surface area contributed by atoms with Crippen LogP contribution in [-0.2, 0) is 16.6 Å². The van der Waals surface area contributed by atoms with E-state index in [0.29, 0.717) is 24.5 Å². The van der Waals surface area contributed by atoms with E-state index in [1.54, 1.807) is 38.2 Å². The second-order valence-electron chi connectivity index (χ2n) is 6.50. The highest BCUT2D eigenvalue weighted by Crippen LogP contribution is 2.19. The number of aromatic nitrogens is 1. The first-order chi connectivity index (χ1) is 14.3. The molecule has 3 aromatic rings. The van der Waals surface area contributed by atoms with Gasteiger partial charge in [0.25, 0.3) is 11.5 Å². The van der Waals surface area contributed by atoms with E-state index >= 15 is 0 Å². The standard InChI is InChI=1S/C21H23N3O5S/c1-3-24(4-2)30(27,28)18-11-8-16(9-12-18)22-21(26)19-13-10-17(29-19)15-23-14-6-5-7-20(23)25/h5-14H,3-4,15H2,1-2H3,(H,22,26). The number of hydrogen-bond donors (Lipinski definition) is 1. The molecule has 0 unspecified atom stereocenters. The minimum atomic E-state index is -3.55. The van der Waals surface area contributed by atoms with Crippen molar-refractivity contribution < 1.29 is 17.6 Å². The second kappa shape index (κ2) is 9.10. The number of furan rings is 1. The minimum Gasteiger partial charge on any atom is -0.454 e. The van der Waals surface area contributed by atoms with Gasteiger partial charge in [-0.1, -0.05) is 19.9 Å². The van der Waals surface area contributed by atoms with E-state index in [2.05, 4.69) is 5.32 Å². The Morgan fingerprint density at radius 1 is 1.03 bits per heavy atom. The van der Waals surface area contributed by atoms with Crippen LogP contribution in [0.3, 0.4) is 0 Å². The van der Waals surface area contributed by atoms with Gasteiger partial charge in [0.15, 0.2) is 5.76 Å². The third-order valence-corrected chi connectivity index (χ3v) is 6.63. The van der Waals surface area contributed by atoms with Gasteiger partial charge in [0.05, 0.1) is 11.4 Å². The van der Waals surface area contributed by atoms with Gasteiger partial charge in [0, 0.05) is 31.0 Å². The number of anilines is 1. The fraction of sp³-hybridized carbons (Fsp3) is 0.238. The summed E-state index contributed by atoms with van der Waals surface area (Å²) in [6, 6.07) is 14.0. The number of benzene rings is 1. The molecule has 0 atom stereocenters. The molecule has 3 rings (SSSR count). The normalized spacial score (nSPS) is 11.6. The summed E-state index contributed by atoms with van der Waals surface area (Å²) in [6.07, 6.45) is 1.64. The topological polar surface area (TPSA) is 102 Å². The Kier molecular flexibility index (Phi) is 6.53. The smallest absolute Gasteiger partial charge is 0.291 e. The van der Waals surface area contributed by atoms with Crippen molar-refractivity contribution in [1.82, 2.24) is 8.87 Å². The first-order valence-electron chi connectivity index (χ1n) is 9.51. The lowest BCUT2D eigenvalue weighted by Crippen LogP contribution is -2.30. The number of carbonyl (C=O) groups excluding carboxylic acids is 1. The molecule has 0 aliphatic carbocycles. The lowest BCUT2D eigenvalue weighted by molar-refractivity contribution is 0.0994. The van der Waals surface area contributed by atoms with E-state index in [4.69, 9.17) is 4.42 Å². The summed E-state index contributed by atoms with van der Waals surface area (Å²) < 4.78 is 33.4. The molecule has 0 fully saturated rings. The molecule has 1 N–H and O–H groups in total. The van der Waals surface area contributed by atoms with Crippen molar-refractivity contribution in [2.75, 3.05) is 18.4 Å². The predicted molar refractivity (Wildman–Crippen MR) is 113 cm³/mol. The maximum absolute atomic E-state index is 12.5. The average molecular weight is 429 g/mol. The second-order valence-corrected chi connectivity index (χ2v) is 8.44. The van der Waals surface area contributed by atoms with Crippen LogP contribution in [0.2, 0.25) is 0 Å². The summed E-state index contributed by atoms with van der Waals surface area (Å²) in [4.78, 5) is 24.4. The van der Waals surface area contributed by atoms with Gasteiger partial charge in [-0.3, -0.25) is 9.59 Å². The van der Waals surface area contributed by atoms with E-state index in [1.165, 1.54) is 45.3 Å². The summed E-state index contributed by atoms with van der Waals surface area (Å²) in [7, 11) is -3.55. The molecule has 1 aromatic carbocycles. The number of nitrogens with one attached hydrogen (secondary N) is 1. The molecule has 2 aromatic heterocycles. The van der Waals surface area contributed by atoms with Crippen LogP contribution in [0.25, 0.3) is 0 Å². The number of sulfonamides is 1. The van der Waals surface area contributed by atoms with Gasteiger partial charge in [0.2, 0.25) is 10.0 Å². The molecule has 0 saturated carbocycles. The molecule has 30 heavy (non-hydrogen) atoms. The molecule has 0 bridgehead atoms. The SMILES string of the molecule is CCN(CC)S(=O)(=O)c1ccc(NC(=O)c2ccc(Cn3ccccc3=O)o2)cc1. The van der Waals surface area contributed by atoms with Gasteiger partial charge in [-0.25, -0.2) is 8.42 Å². The molecule has 1 amide bonds. The molecule has 0 spiro atoms. The van der Waals surface area contributed by atoms with Crippen LogP contribution in [0.15, 0.2) is 74.9 Å². The maximum Gasteiger partial charge on any atom is 0.291 e. The van der Waals surface area contributed by atoms with Gasteiger partial charge in [-0.2, -0.15) is 4.31 Å². The van der Waals surface area contributed by atoms with Crippen LogP contribution < -0.4 is 10.9 Å². The Bertz CT molecular complexity index is 1180. The first kappa shape index (κ1) is 21.5. The van der Waals surface area contributed by atoms with Gasteiger partial charge in [0.1, 0.15) is 5.76 Å². The molecule has 0 saturated heterocycles. The van der Waals surface area contributed by atoms with Gasteiger partial charge in [-0.05, 0) is 42.5 Å². The first-order valence-corrected chi connectivity index (χ1v) is 10.9. The third-order valence-electron chi connectivity index (χ3n) is 4.57. The molecule has 0 aliphatic rings. The van der Waals surface area contributed by atoms with Crippen molar-refractivity contribution >= 4 is 21.6 Å². The summed E-state index contributed by atoms with van der Waals surface area (Å²) in [5, 5.41) is 2.67. The lowest BCUT2D eigenvalue weighted by Gasteiger charge is -2.18. The van der Waals surface area contributed by atoms with Gasteiger partial charge >= 0.3 is 0 Å². The van der Waals surface area contributed by atoms with Crippen LogP contribution in [0.1, 0.15) is 30.2 Å². The van der Waals surface area contributed by atoms with Crippen molar-refractivity contribution in [3.63, 3.8) is 0 Å². The number of hydrogen-bond acceptors (Lipinski definition) is 5. The van der Waals surface area contributed by atoms with Gasteiger partial charge < -0.3 is 14.3 Å². The molecule has 0 aliphatic heterocycles. The van der Waals surface area contributed by atoms with E-state index in [-0.39, 0.29) is 22.8 Å². The molecular weight excluding hydrogens is 406 g/mol. The van der Waals surface area contributed by atoms with Gasteiger partial charge in [-0.15, -0.1) is 0 Å². The number of amides is 1. The highest BCUT2D eigenvalue weighted by Gasteiger charge is 2.21. The Labute approximate surface area is 174 Å². The highest BCUT2D eigenvalue weighted by molar-refractivity contribution is 7.89. The quantitative estimate of drug-likeness (QED) is 0.593. The Morgan fingerprint density at radius 2 is 1.73 bits per heavy atom. The fourth-order valence-electron chi connectivity index (χ4n) is 2.96. The summed E-state index contributed by atoms with van der Waals surface area (Å²) in [5.74, 6) is 0.0870. The van der Waals surface area contributed by atoms with E-state index in [9.17, 15) is 18.0 Å². The summed E-state index contributed by atoms with van der Waals surface area (Å²) >= 11 is 0. The summed E-state index contributed by atoms with van der Waals surface area (Å²) in [6.45, 7) is 4.54. The number of nitrogens with zero attached hydrogens (tertiary/aromatic N) is 2. The molecule has 9 heteroatoms. The van der Waals surface area contributed by atoms with Crippen molar-refractivity contribution in [1.29, 1.82) is 0 Å². The Balaban J connectivity index is 1.69. The number of carbonyl (C=O) groups is 1. The van der Waals surface area contributed by atoms with Crippen LogP contribution in [0, 0.1) is 0 Å². The molecular formula is C21H23N3O5S. The monoisotopic (exact) mass is 429 g/mol. The van der Waals surface area contributed by atoms with E-state index < -0.39 is 15.9 Å². The maximum atomic E-state index is 12.5. The lowest BCUT2D eigenvalue weighted by atomic mass is 10.3. The number of rotatable bonds is 8. The zero-order valence-corrected chi connectivity index (χ0v) is 17.6. The predicted octanol–water partition coefficient (Wildman–Crippen LogP) is 2.77. The molecule has 0 radical (unpaired) electrons. The van der Waals surface area contributed by atoms with Crippen LogP contribution in [-0.4, -0.2) is 36.3 Å². The average Bonchev–Trinajstić information content (AvgIpc) is 3.20. The zero-order valence-electron chi connectivity index (χ0n) is 16.7. The van der Waals surface area contributed by atoms with Crippen LogP contribution >= 0.6 is 0 Å². The van der Waals surface area contributed by atoms with E-state index in [1.807, 2.05) is 0 Å². The fourth-order valence-corrected chi connectivity index (χ4v) is 4.42. The Morgan fingerprint density at radius 3 is 2.37 bits per heavy atom. The minimum absolute atomic E-state index is 0.0915. The van der Waals surface area contributed by atoms with E-state index in [0.717, 1.165) is 0 Å². The summed E-state index contributed by atoms with van der Waals surface area (Å²) in [5.41, 5.74) is 0.274. The largest absolute Gasteiger partial charge is 0.454 e. The third kappa shape index (κ3) is 4.69.